The van der Waals surface area contributed by atoms with Gasteiger partial charge in [0.25, 0.3) is 0 Å². The van der Waals surface area contributed by atoms with Crippen LogP contribution >= 0.6 is 0 Å². The van der Waals surface area contributed by atoms with Gasteiger partial charge >= 0.3 is 18.0 Å². The Morgan fingerprint density at radius 3 is 2.71 bits per heavy atom. The van der Waals surface area contributed by atoms with Gasteiger partial charge in [-0.15, -0.1) is 0 Å². The predicted octanol–water partition coefficient (Wildman–Crippen LogP) is 2.72. The average molecular weight is 285 g/mol. The summed E-state index contributed by atoms with van der Waals surface area (Å²) in [5, 5.41) is 3.73. The second-order valence-corrected chi connectivity index (χ2v) is 4.45. The Morgan fingerprint density at radius 1 is 1.19 bits per heavy atom. The summed E-state index contributed by atoms with van der Waals surface area (Å²) < 4.78 is 9.48. The zero-order valence-electron chi connectivity index (χ0n) is 11.1. The number of amides is 1. The molecule has 0 atom stereocenters. The van der Waals surface area contributed by atoms with Crippen LogP contribution in [-0.4, -0.2) is 24.6 Å². The maximum Gasteiger partial charge on any atom is 0.411 e. The van der Waals surface area contributed by atoms with Crippen molar-refractivity contribution in [3.63, 3.8) is 0 Å². The number of nitrogens with one attached hydrogen (secondary N) is 1. The predicted molar refractivity (Wildman–Crippen MR) is 74.3 cm³/mol. The second kappa shape index (κ2) is 4.90. The third-order valence-corrected chi connectivity index (χ3v) is 3.12. The highest BCUT2D eigenvalue weighted by atomic mass is 16.6. The molecule has 1 aliphatic rings. The highest BCUT2D eigenvalue weighted by Gasteiger charge is 2.27. The number of ether oxygens (including phenoxy) is 2. The maximum absolute atomic E-state index is 11.9. The number of cyclic esters (lactones) is 2. The quantitative estimate of drug-likeness (QED) is 0.677. The van der Waals surface area contributed by atoms with Crippen LogP contribution in [0.25, 0.3) is 10.8 Å². The van der Waals surface area contributed by atoms with E-state index in [1.807, 2.05) is 0 Å². The van der Waals surface area contributed by atoms with Gasteiger partial charge in [-0.2, -0.15) is 0 Å². The average Bonchev–Trinajstić information content (AvgIpc) is 2.44. The first kappa shape index (κ1) is 13.1. The maximum atomic E-state index is 11.9. The summed E-state index contributed by atoms with van der Waals surface area (Å²) in [6.45, 7) is 1.94. The van der Waals surface area contributed by atoms with Crippen LogP contribution in [0.2, 0.25) is 0 Å². The number of hydrogen-bond acceptors (Lipinski definition) is 5. The lowest BCUT2D eigenvalue weighted by Gasteiger charge is -2.16. The van der Waals surface area contributed by atoms with E-state index in [1.54, 1.807) is 31.2 Å². The lowest BCUT2D eigenvalue weighted by atomic mass is 9.96. The van der Waals surface area contributed by atoms with Crippen molar-refractivity contribution in [2.24, 2.45) is 0 Å². The molecular formula is C15H11NO5. The van der Waals surface area contributed by atoms with Crippen LogP contribution in [-0.2, 0) is 9.47 Å². The Morgan fingerprint density at radius 2 is 1.95 bits per heavy atom. The van der Waals surface area contributed by atoms with E-state index in [9.17, 15) is 14.4 Å². The molecule has 2 aromatic carbocycles. The van der Waals surface area contributed by atoms with Crippen LogP contribution in [0.4, 0.5) is 10.5 Å². The first-order valence-corrected chi connectivity index (χ1v) is 6.37. The van der Waals surface area contributed by atoms with Gasteiger partial charge in [-0.3, -0.25) is 5.32 Å². The van der Waals surface area contributed by atoms with Crippen LogP contribution in [0.5, 0.6) is 0 Å². The Balaban J connectivity index is 2.14. The van der Waals surface area contributed by atoms with Gasteiger partial charge in [-0.1, -0.05) is 12.1 Å². The van der Waals surface area contributed by atoms with Crippen molar-refractivity contribution in [1.82, 2.24) is 0 Å². The number of anilines is 1. The lowest BCUT2D eigenvalue weighted by molar-refractivity contribution is 0.0391. The molecule has 0 aromatic heterocycles. The number of carbonyl (C=O) groups is 3. The number of benzene rings is 2. The van der Waals surface area contributed by atoms with E-state index in [0.29, 0.717) is 22.0 Å². The third-order valence-electron chi connectivity index (χ3n) is 3.12. The summed E-state index contributed by atoms with van der Waals surface area (Å²) in [5.41, 5.74) is 0.985. The monoisotopic (exact) mass is 285 g/mol. The topological polar surface area (TPSA) is 81.7 Å². The Kier molecular flexibility index (Phi) is 3.06. The number of esters is 2. The minimum atomic E-state index is -0.726. The van der Waals surface area contributed by atoms with E-state index >= 15 is 0 Å². The molecule has 1 amide bonds. The van der Waals surface area contributed by atoms with Crippen molar-refractivity contribution >= 4 is 34.5 Å². The van der Waals surface area contributed by atoms with E-state index in [4.69, 9.17) is 4.74 Å². The fourth-order valence-electron chi connectivity index (χ4n) is 2.31. The highest BCUT2D eigenvalue weighted by Crippen LogP contribution is 2.31. The fourth-order valence-corrected chi connectivity index (χ4v) is 2.31. The normalized spacial score (nSPS) is 13.0. The summed E-state index contributed by atoms with van der Waals surface area (Å²) in [6, 6.07) is 8.18. The number of hydrogen-bond donors (Lipinski definition) is 1. The lowest BCUT2D eigenvalue weighted by Crippen LogP contribution is -2.20. The molecule has 0 saturated carbocycles. The summed E-state index contributed by atoms with van der Waals surface area (Å²) in [5.74, 6) is -1.39. The van der Waals surface area contributed by atoms with E-state index in [1.165, 1.54) is 6.07 Å². The molecule has 21 heavy (non-hydrogen) atoms. The molecule has 106 valence electrons. The summed E-state index contributed by atoms with van der Waals surface area (Å²) in [4.78, 5) is 35.0. The summed E-state index contributed by atoms with van der Waals surface area (Å²) in [6.07, 6.45) is -0.611. The van der Waals surface area contributed by atoms with E-state index in [2.05, 4.69) is 10.1 Å². The van der Waals surface area contributed by atoms with Gasteiger partial charge in [0.1, 0.15) is 0 Å². The fraction of sp³-hybridized carbons (Fsp3) is 0.133. The van der Waals surface area contributed by atoms with Crippen molar-refractivity contribution in [3.05, 3.63) is 41.5 Å². The first-order chi connectivity index (χ1) is 10.1. The molecule has 0 spiro atoms. The zero-order chi connectivity index (χ0) is 15.0. The molecule has 0 saturated heterocycles. The molecule has 0 aliphatic carbocycles. The van der Waals surface area contributed by atoms with Crippen LogP contribution in [0.1, 0.15) is 27.6 Å². The smallest absolute Gasteiger partial charge is 0.411 e. The molecule has 0 unspecified atom stereocenters. The van der Waals surface area contributed by atoms with Gasteiger partial charge in [-0.25, -0.2) is 14.4 Å². The minimum Gasteiger partial charge on any atom is -0.450 e. The molecule has 6 nitrogen and oxygen atoms in total. The highest BCUT2D eigenvalue weighted by molar-refractivity contribution is 6.21. The zero-order valence-corrected chi connectivity index (χ0v) is 11.1. The van der Waals surface area contributed by atoms with E-state index < -0.39 is 18.0 Å². The Hall–Kier alpha value is -2.89. The van der Waals surface area contributed by atoms with Gasteiger partial charge < -0.3 is 9.47 Å². The molecular weight excluding hydrogens is 274 g/mol. The molecule has 0 bridgehead atoms. The number of carbonyl (C=O) groups excluding carboxylic acids is 3. The Labute approximate surface area is 119 Å². The van der Waals surface area contributed by atoms with E-state index in [0.717, 1.165) is 0 Å². The van der Waals surface area contributed by atoms with Crippen molar-refractivity contribution in [3.8, 4) is 0 Å². The standard InChI is InChI=1S/C15H11NO5/c1-2-20-15(19)16-9-6-8-4-3-5-10-12(8)11(7-9)14(18)21-13(10)17/h3-7H,2H2,1H3,(H,16,19). The first-order valence-electron chi connectivity index (χ1n) is 6.37. The Bertz CT molecular complexity index is 781. The molecule has 0 fully saturated rings. The molecule has 0 radical (unpaired) electrons. The molecule has 3 rings (SSSR count). The van der Waals surface area contributed by atoms with Gasteiger partial charge in [0.05, 0.1) is 17.7 Å². The second-order valence-electron chi connectivity index (χ2n) is 4.45. The summed E-state index contributed by atoms with van der Waals surface area (Å²) in [7, 11) is 0. The van der Waals surface area contributed by atoms with Crippen LogP contribution < -0.4 is 5.32 Å². The largest absolute Gasteiger partial charge is 0.450 e. The third kappa shape index (κ3) is 2.20. The molecule has 1 aliphatic heterocycles. The van der Waals surface area contributed by atoms with Crippen molar-refractivity contribution in [2.75, 3.05) is 11.9 Å². The van der Waals surface area contributed by atoms with Gasteiger partial charge in [0.15, 0.2) is 0 Å². The molecule has 1 N–H and O–H groups in total. The van der Waals surface area contributed by atoms with Crippen LogP contribution in [0.3, 0.4) is 0 Å². The molecule has 2 aromatic rings. The SMILES string of the molecule is CCOC(=O)Nc1cc2c3c(cccc3c1)C(=O)OC2=O. The summed E-state index contributed by atoms with van der Waals surface area (Å²) >= 11 is 0. The molecule has 1 heterocycles. The van der Waals surface area contributed by atoms with E-state index in [-0.39, 0.29) is 12.2 Å². The van der Waals surface area contributed by atoms with Crippen LogP contribution in [0, 0.1) is 0 Å². The minimum absolute atomic E-state index is 0.243. The molecule has 6 heteroatoms. The van der Waals surface area contributed by atoms with Crippen molar-refractivity contribution in [1.29, 1.82) is 0 Å². The van der Waals surface area contributed by atoms with Gasteiger partial charge in [-0.05, 0) is 30.5 Å². The van der Waals surface area contributed by atoms with Crippen molar-refractivity contribution < 1.29 is 23.9 Å². The van der Waals surface area contributed by atoms with Crippen LogP contribution in [0.15, 0.2) is 30.3 Å². The van der Waals surface area contributed by atoms with Gasteiger partial charge in [0, 0.05) is 11.1 Å². The number of rotatable bonds is 2. The van der Waals surface area contributed by atoms with Gasteiger partial charge in [0.2, 0.25) is 0 Å². The van der Waals surface area contributed by atoms with Crippen molar-refractivity contribution in [2.45, 2.75) is 6.92 Å².